The van der Waals surface area contributed by atoms with Crippen LogP contribution < -0.4 is 16.0 Å². The van der Waals surface area contributed by atoms with Crippen LogP contribution in [0.5, 0.6) is 0 Å². The summed E-state index contributed by atoms with van der Waals surface area (Å²) in [5.74, 6) is -0.523. The van der Waals surface area contributed by atoms with Gasteiger partial charge in [-0.2, -0.15) is 0 Å². The van der Waals surface area contributed by atoms with Crippen LogP contribution in [-0.4, -0.2) is 54.0 Å². The average Bonchev–Trinajstić information content (AvgIpc) is 2.89. The van der Waals surface area contributed by atoms with Gasteiger partial charge >= 0.3 is 0 Å². The van der Waals surface area contributed by atoms with Crippen LogP contribution in [0.1, 0.15) is 5.56 Å². The van der Waals surface area contributed by atoms with Crippen LogP contribution in [0.2, 0.25) is 0 Å². The van der Waals surface area contributed by atoms with Crippen LogP contribution in [0, 0.1) is 5.82 Å². The Hall–Kier alpha value is -4.30. The summed E-state index contributed by atoms with van der Waals surface area (Å²) in [6.07, 6.45) is 4.53. The lowest BCUT2D eigenvalue weighted by Crippen LogP contribution is -2.44. The molecule has 2 heterocycles. The van der Waals surface area contributed by atoms with E-state index in [2.05, 4.69) is 39.3 Å². The number of primary amides is 1. The first kappa shape index (κ1) is 23.4. The number of benzene rings is 3. The number of fused-ring (bicyclic) bond motifs is 1. The van der Waals surface area contributed by atoms with E-state index in [1.165, 1.54) is 17.8 Å². The first-order valence-electron chi connectivity index (χ1n) is 11.8. The Labute approximate surface area is 209 Å². The monoisotopic (exact) mass is 482 g/mol. The zero-order valence-corrected chi connectivity index (χ0v) is 20.0. The molecule has 8 heteroatoms. The van der Waals surface area contributed by atoms with Gasteiger partial charge in [-0.15, -0.1) is 0 Å². The molecule has 1 aliphatic heterocycles. The van der Waals surface area contributed by atoms with Gasteiger partial charge < -0.3 is 20.9 Å². The van der Waals surface area contributed by atoms with E-state index < -0.39 is 5.91 Å². The number of likely N-dealkylation sites (N-methyl/N-ethyl adjacent to an activating group) is 1. The smallest absolute Gasteiger partial charge is 0.241 e. The van der Waals surface area contributed by atoms with Gasteiger partial charge in [0.05, 0.1) is 5.52 Å². The van der Waals surface area contributed by atoms with Crippen molar-refractivity contribution in [3.63, 3.8) is 0 Å². The lowest BCUT2D eigenvalue weighted by molar-refractivity contribution is -0.113. The van der Waals surface area contributed by atoms with Crippen LogP contribution >= 0.6 is 0 Å². The van der Waals surface area contributed by atoms with Gasteiger partial charge in [-0.05, 0) is 55.1 Å². The van der Waals surface area contributed by atoms with Crippen LogP contribution in [0.25, 0.3) is 28.1 Å². The van der Waals surface area contributed by atoms with Crippen molar-refractivity contribution in [1.29, 1.82) is 0 Å². The molecule has 5 rings (SSSR count). The maximum atomic E-state index is 14.9. The van der Waals surface area contributed by atoms with Gasteiger partial charge in [0.25, 0.3) is 0 Å². The highest BCUT2D eigenvalue weighted by Crippen LogP contribution is 2.31. The summed E-state index contributed by atoms with van der Waals surface area (Å²) in [7, 11) is 2.14. The molecular weight excluding hydrogens is 455 g/mol. The maximum absolute atomic E-state index is 14.9. The molecule has 1 amide bonds. The van der Waals surface area contributed by atoms with Crippen molar-refractivity contribution in [3.8, 4) is 11.1 Å². The molecule has 7 nitrogen and oxygen atoms in total. The summed E-state index contributed by atoms with van der Waals surface area (Å²) >= 11 is 0. The molecule has 36 heavy (non-hydrogen) atoms. The number of piperazine rings is 1. The third-order valence-electron chi connectivity index (χ3n) is 6.32. The third kappa shape index (κ3) is 5.18. The predicted molar refractivity (Wildman–Crippen MR) is 143 cm³/mol. The SMILES string of the molecule is CN1CCN(c2ccc(Nc3ncc4cccc(-c5cc(C=CC(N)=O)ccc5F)c4n3)cc2)CC1. The van der Waals surface area contributed by atoms with E-state index in [0.717, 1.165) is 37.3 Å². The molecule has 1 saturated heterocycles. The second-order valence-corrected chi connectivity index (χ2v) is 8.87. The fourth-order valence-corrected chi connectivity index (χ4v) is 4.31. The zero-order valence-electron chi connectivity index (χ0n) is 20.0. The highest BCUT2D eigenvalue weighted by molar-refractivity contribution is 5.95. The summed E-state index contributed by atoms with van der Waals surface area (Å²) in [6.45, 7) is 4.13. The minimum atomic E-state index is -0.564. The summed E-state index contributed by atoms with van der Waals surface area (Å²) in [4.78, 5) is 25.0. The maximum Gasteiger partial charge on any atom is 0.241 e. The zero-order chi connectivity index (χ0) is 25.1. The summed E-state index contributed by atoms with van der Waals surface area (Å²) in [5.41, 5.74) is 9.56. The molecule has 182 valence electrons. The van der Waals surface area contributed by atoms with Crippen LogP contribution in [0.3, 0.4) is 0 Å². The molecule has 0 bridgehead atoms. The lowest BCUT2D eigenvalue weighted by Gasteiger charge is -2.34. The first-order valence-corrected chi connectivity index (χ1v) is 11.8. The molecule has 0 saturated carbocycles. The summed E-state index contributed by atoms with van der Waals surface area (Å²) in [5, 5.41) is 4.06. The molecule has 4 aromatic rings. The van der Waals surface area contributed by atoms with Crippen molar-refractivity contribution in [2.75, 3.05) is 43.4 Å². The molecule has 0 unspecified atom stereocenters. The Morgan fingerprint density at radius 2 is 1.81 bits per heavy atom. The van der Waals surface area contributed by atoms with Gasteiger partial charge in [0.2, 0.25) is 11.9 Å². The molecule has 0 spiro atoms. The van der Waals surface area contributed by atoms with Crippen molar-refractivity contribution in [2.24, 2.45) is 5.73 Å². The van der Waals surface area contributed by atoms with Crippen LogP contribution in [0.15, 0.2) is 72.9 Å². The molecule has 0 aliphatic carbocycles. The number of anilines is 3. The highest BCUT2D eigenvalue weighted by Gasteiger charge is 2.15. The number of halogens is 1. The largest absolute Gasteiger partial charge is 0.369 e. The van der Waals surface area contributed by atoms with E-state index in [1.807, 2.05) is 30.3 Å². The standard InChI is InChI=1S/C28H27FN6O/c1-34-13-15-35(16-14-34)22-9-7-21(8-10-22)32-28-31-18-20-3-2-4-23(27(20)33-28)24-17-19(5-11-25(24)29)6-12-26(30)36/h2-12,17-18H,13-16H2,1H3,(H2,30,36)(H,31,32,33). The number of nitrogens with zero attached hydrogens (tertiary/aromatic N) is 4. The normalized spacial score (nSPS) is 14.4. The average molecular weight is 483 g/mol. The number of rotatable bonds is 6. The number of hydrogen-bond acceptors (Lipinski definition) is 6. The number of aromatic nitrogens is 2. The van der Waals surface area contributed by atoms with Crippen molar-refractivity contribution in [1.82, 2.24) is 14.9 Å². The fraction of sp³-hybridized carbons (Fsp3) is 0.179. The molecule has 1 aromatic heterocycles. The van der Waals surface area contributed by atoms with Gasteiger partial charge in [0.15, 0.2) is 0 Å². The van der Waals surface area contributed by atoms with Crippen molar-refractivity contribution in [3.05, 3.63) is 84.3 Å². The number of amides is 1. The van der Waals surface area contributed by atoms with Gasteiger partial charge in [-0.3, -0.25) is 4.79 Å². The third-order valence-corrected chi connectivity index (χ3v) is 6.32. The van der Waals surface area contributed by atoms with E-state index in [0.29, 0.717) is 28.2 Å². The van der Waals surface area contributed by atoms with Crippen molar-refractivity contribution >= 4 is 40.2 Å². The van der Waals surface area contributed by atoms with E-state index in [1.54, 1.807) is 24.4 Å². The molecule has 3 N–H and O–H groups in total. The first-order chi connectivity index (χ1) is 17.5. The van der Waals surface area contributed by atoms with E-state index in [9.17, 15) is 9.18 Å². The molecule has 3 aromatic carbocycles. The Kier molecular flexibility index (Phi) is 6.60. The van der Waals surface area contributed by atoms with Gasteiger partial charge in [0.1, 0.15) is 5.82 Å². The van der Waals surface area contributed by atoms with E-state index >= 15 is 0 Å². The van der Waals surface area contributed by atoms with Gasteiger partial charge in [0, 0.05) is 66.3 Å². The molecule has 0 radical (unpaired) electrons. The number of nitrogens with two attached hydrogens (primary N) is 1. The molecule has 1 aliphatic rings. The van der Waals surface area contributed by atoms with E-state index in [4.69, 9.17) is 10.7 Å². The quantitative estimate of drug-likeness (QED) is 0.396. The Bertz CT molecular complexity index is 1430. The predicted octanol–water partition coefficient (Wildman–Crippen LogP) is 4.43. The minimum absolute atomic E-state index is 0.383. The van der Waals surface area contributed by atoms with Crippen molar-refractivity contribution in [2.45, 2.75) is 0 Å². The van der Waals surface area contributed by atoms with Crippen molar-refractivity contribution < 1.29 is 9.18 Å². The Morgan fingerprint density at radius 1 is 1.03 bits per heavy atom. The Morgan fingerprint density at radius 3 is 2.56 bits per heavy atom. The number of carbonyl (C=O) groups excluding carboxylic acids is 1. The molecule has 0 atom stereocenters. The second kappa shape index (κ2) is 10.1. The lowest BCUT2D eigenvalue weighted by atomic mass is 9.99. The molecular formula is C28H27FN6O. The highest BCUT2D eigenvalue weighted by atomic mass is 19.1. The van der Waals surface area contributed by atoms with Crippen LogP contribution in [0.4, 0.5) is 21.7 Å². The number of carbonyl (C=O) groups is 1. The summed E-state index contributed by atoms with van der Waals surface area (Å²) < 4.78 is 14.9. The van der Waals surface area contributed by atoms with Gasteiger partial charge in [-0.1, -0.05) is 24.3 Å². The van der Waals surface area contributed by atoms with Gasteiger partial charge in [-0.25, -0.2) is 14.4 Å². The van der Waals surface area contributed by atoms with E-state index in [-0.39, 0.29) is 5.82 Å². The summed E-state index contributed by atoms with van der Waals surface area (Å²) in [6, 6.07) is 18.4. The topological polar surface area (TPSA) is 87.4 Å². The number of para-hydroxylation sites is 1. The van der Waals surface area contributed by atoms with Crippen LogP contribution in [-0.2, 0) is 4.79 Å². The minimum Gasteiger partial charge on any atom is -0.369 e. The second-order valence-electron chi connectivity index (χ2n) is 8.87. The number of hydrogen-bond donors (Lipinski definition) is 2. The fourth-order valence-electron chi connectivity index (χ4n) is 4.31. The molecule has 1 fully saturated rings. The Balaban J connectivity index is 1.43. The number of nitrogens with one attached hydrogen (secondary N) is 1.